The van der Waals surface area contributed by atoms with Crippen LogP contribution in [0.4, 0.5) is 0 Å². The second kappa shape index (κ2) is 7.47. The molecule has 22 heavy (non-hydrogen) atoms. The molecule has 6 nitrogen and oxygen atoms in total. The number of hydrogen-bond donors (Lipinski definition) is 2. The largest absolute Gasteiger partial charge is 0.484 e. The first-order valence-electron chi connectivity index (χ1n) is 7.05. The van der Waals surface area contributed by atoms with E-state index < -0.39 is 11.3 Å². The number of amides is 2. The molecule has 2 rings (SSSR count). The number of carbonyl (C=O) groups excluding carboxylic acids is 2. The molecule has 0 saturated carbocycles. The zero-order valence-electron chi connectivity index (χ0n) is 12.1. The molecule has 120 valence electrons. The number of carbonyl (C=O) groups is 2. The molecule has 1 heterocycles. The van der Waals surface area contributed by atoms with Gasteiger partial charge in [-0.2, -0.15) is 0 Å². The first kappa shape index (κ1) is 16.6. The molecule has 3 N–H and O–H groups in total. The summed E-state index contributed by atoms with van der Waals surface area (Å²) in [6.07, 6.45) is 1.02. The molecule has 1 fully saturated rings. The molecule has 2 amide bonds. The molecular formula is C15H19ClN2O4. The maximum Gasteiger partial charge on any atom is 0.257 e. The monoisotopic (exact) mass is 326 g/mol. The van der Waals surface area contributed by atoms with E-state index in [9.17, 15) is 9.59 Å². The summed E-state index contributed by atoms with van der Waals surface area (Å²) in [6.45, 7) is 0.991. The molecule has 1 aliphatic heterocycles. The maximum absolute atomic E-state index is 11.9. The van der Waals surface area contributed by atoms with Gasteiger partial charge in [-0.15, -0.1) is 0 Å². The molecule has 0 aliphatic carbocycles. The summed E-state index contributed by atoms with van der Waals surface area (Å²) >= 11 is 5.83. The second-order valence-electron chi connectivity index (χ2n) is 5.28. The van der Waals surface area contributed by atoms with E-state index in [0.29, 0.717) is 36.8 Å². The van der Waals surface area contributed by atoms with Gasteiger partial charge in [0.1, 0.15) is 5.75 Å². The van der Waals surface area contributed by atoms with Gasteiger partial charge in [-0.05, 0) is 31.0 Å². The molecule has 1 aliphatic rings. The van der Waals surface area contributed by atoms with E-state index in [1.165, 1.54) is 0 Å². The topological polar surface area (TPSA) is 90.7 Å². The average Bonchev–Trinajstić information content (AvgIpc) is 2.52. The van der Waals surface area contributed by atoms with Crippen LogP contribution in [-0.2, 0) is 14.3 Å². The van der Waals surface area contributed by atoms with Crippen molar-refractivity contribution in [1.82, 2.24) is 5.32 Å². The van der Waals surface area contributed by atoms with Crippen molar-refractivity contribution in [3.63, 3.8) is 0 Å². The Balaban J connectivity index is 1.82. The highest BCUT2D eigenvalue weighted by molar-refractivity contribution is 6.30. The van der Waals surface area contributed by atoms with Gasteiger partial charge in [-0.25, -0.2) is 0 Å². The van der Waals surface area contributed by atoms with Gasteiger partial charge in [0.2, 0.25) is 5.91 Å². The average molecular weight is 327 g/mol. The number of primary amides is 1. The Labute approximate surface area is 133 Å². The predicted octanol–water partition coefficient (Wildman–Crippen LogP) is 1.12. The fraction of sp³-hybridized carbons (Fsp3) is 0.467. The minimum Gasteiger partial charge on any atom is -0.484 e. The van der Waals surface area contributed by atoms with Crippen LogP contribution in [0.25, 0.3) is 0 Å². The van der Waals surface area contributed by atoms with Crippen LogP contribution in [-0.4, -0.2) is 38.2 Å². The van der Waals surface area contributed by atoms with Crippen LogP contribution in [0.3, 0.4) is 0 Å². The van der Waals surface area contributed by atoms with Crippen LogP contribution < -0.4 is 15.8 Å². The summed E-state index contributed by atoms with van der Waals surface area (Å²) in [5.74, 6) is -0.211. The van der Waals surface area contributed by atoms with Gasteiger partial charge in [0, 0.05) is 24.8 Å². The van der Waals surface area contributed by atoms with E-state index in [4.69, 9.17) is 26.8 Å². The first-order chi connectivity index (χ1) is 10.5. The smallest absolute Gasteiger partial charge is 0.257 e. The van der Waals surface area contributed by atoms with Gasteiger partial charge >= 0.3 is 0 Å². The normalized spacial score (nSPS) is 16.8. The van der Waals surface area contributed by atoms with Gasteiger partial charge in [0.05, 0.1) is 5.41 Å². The molecule has 1 aromatic rings. The van der Waals surface area contributed by atoms with E-state index >= 15 is 0 Å². The highest BCUT2D eigenvalue weighted by Gasteiger charge is 2.38. The SMILES string of the molecule is NC(=O)C1(CNC(=O)COc2cccc(Cl)c2)CCOCC1. The Morgan fingerprint density at radius 1 is 1.36 bits per heavy atom. The third-order valence-electron chi connectivity index (χ3n) is 3.76. The molecular weight excluding hydrogens is 308 g/mol. The Kier molecular flexibility index (Phi) is 5.63. The van der Waals surface area contributed by atoms with Crippen LogP contribution in [0.2, 0.25) is 5.02 Å². The number of hydrogen-bond acceptors (Lipinski definition) is 4. The summed E-state index contributed by atoms with van der Waals surface area (Å²) in [7, 11) is 0. The van der Waals surface area contributed by atoms with Crippen LogP contribution in [0, 0.1) is 5.41 Å². The molecule has 7 heteroatoms. The summed E-state index contributed by atoms with van der Waals surface area (Å²) in [5.41, 5.74) is 4.75. The predicted molar refractivity (Wildman–Crippen MR) is 81.6 cm³/mol. The lowest BCUT2D eigenvalue weighted by Crippen LogP contribution is -2.50. The van der Waals surface area contributed by atoms with Crippen molar-refractivity contribution < 1.29 is 19.1 Å². The lowest BCUT2D eigenvalue weighted by molar-refractivity contribution is -0.134. The van der Waals surface area contributed by atoms with Gasteiger partial charge < -0.3 is 20.5 Å². The van der Waals surface area contributed by atoms with Gasteiger partial charge in [-0.1, -0.05) is 17.7 Å². The fourth-order valence-corrected chi connectivity index (χ4v) is 2.48. The number of ether oxygens (including phenoxy) is 2. The third-order valence-corrected chi connectivity index (χ3v) is 4.00. The zero-order chi connectivity index (χ0) is 16.0. The Morgan fingerprint density at radius 2 is 2.09 bits per heavy atom. The number of benzene rings is 1. The molecule has 0 aromatic heterocycles. The maximum atomic E-state index is 11.9. The van der Waals surface area contributed by atoms with Crippen LogP contribution in [0.15, 0.2) is 24.3 Å². The molecule has 0 bridgehead atoms. The van der Waals surface area contributed by atoms with Crippen molar-refractivity contribution >= 4 is 23.4 Å². The van der Waals surface area contributed by atoms with Crippen molar-refractivity contribution in [2.24, 2.45) is 11.1 Å². The molecule has 0 unspecified atom stereocenters. The van der Waals surface area contributed by atoms with E-state index in [1.54, 1.807) is 24.3 Å². The third kappa shape index (κ3) is 4.35. The quantitative estimate of drug-likeness (QED) is 0.819. The van der Waals surface area contributed by atoms with E-state index in [0.717, 1.165) is 0 Å². The number of rotatable bonds is 6. The minimum absolute atomic E-state index is 0.147. The van der Waals surface area contributed by atoms with Crippen molar-refractivity contribution in [2.75, 3.05) is 26.4 Å². The highest BCUT2D eigenvalue weighted by Crippen LogP contribution is 2.29. The summed E-state index contributed by atoms with van der Waals surface area (Å²) in [5, 5.41) is 3.24. The minimum atomic E-state index is -0.732. The van der Waals surface area contributed by atoms with Crippen molar-refractivity contribution in [2.45, 2.75) is 12.8 Å². The van der Waals surface area contributed by atoms with Crippen LogP contribution >= 0.6 is 11.6 Å². The van der Waals surface area contributed by atoms with Gasteiger partial charge in [0.25, 0.3) is 5.91 Å². The van der Waals surface area contributed by atoms with E-state index in [-0.39, 0.29) is 19.1 Å². The van der Waals surface area contributed by atoms with E-state index in [2.05, 4.69) is 5.32 Å². The fourth-order valence-electron chi connectivity index (χ4n) is 2.30. The first-order valence-corrected chi connectivity index (χ1v) is 7.42. The summed E-state index contributed by atoms with van der Waals surface area (Å²) in [4.78, 5) is 23.5. The molecule has 0 atom stereocenters. The van der Waals surface area contributed by atoms with Crippen molar-refractivity contribution in [3.8, 4) is 5.75 Å². The summed E-state index contributed by atoms with van der Waals surface area (Å²) < 4.78 is 10.6. The number of halogens is 1. The molecule has 0 spiro atoms. The highest BCUT2D eigenvalue weighted by atomic mass is 35.5. The lowest BCUT2D eigenvalue weighted by Gasteiger charge is -2.34. The molecule has 0 radical (unpaired) electrons. The molecule has 1 aromatic carbocycles. The Bertz CT molecular complexity index is 544. The Morgan fingerprint density at radius 3 is 2.73 bits per heavy atom. The van der Waals surface area contributed by atoms with Gasteiger partial charge in [0.15, 0.2) is 6.61 Å². The summed E-state index contributed by atoms with van der Waals surface area (Å²) in [6, 6.07) is 6.79. The second-order valence-corrected chi connectivity index (χ2v) is 5.72. The van der Waals surface area contributed by atoms with Crippen LogP contribution in [0.1, 0.15) is 12.8 Å². The molecule has 1 saturated heterocycles. The van der Waals surface area contributed by atoms with Crippen LogP contribution in [0.5, 0.6) is 5.75 Å². The standard InChI is InChI=1S/C15H19ClN2O4/c16-11-2-1-3-12(8-11)22-9-13(19)18-10-15(14(17)20)4-6-21-7-5-15/h1-3,8H,4-7,9-10H2,(H2,17,20)(H,18,19). The lowest BCUT2D eigenvalue weighted by atomic mass is 9.79. The van der Waals surface area contributed by atoms with Crippen molar-refractivity contribution in [1.29, 1.82) is 0 Å². The van der Waals surface area contributed by atoms with Gasteiger partial charge in [-0.3, -0.25) is 9.59 Å². The van der Waals surface area contributed by atoms with Crippen molar-refractivity contribution in [3.05, 3.63) is 29.3 Å². The number of nitrogens with two attached hydrogens (primary N) is 1. The van der Waals surface area contributed by atoms with E-state index in [1.807, 2.05) is 0 Å². The zero-order valence-corrected chi connectivity index (χ0v) is 12.9. The number of nitrogens with one attached hydrogen (secondary N) is 1. The Hall–Kier alpha value is -1.79.